The van der Waals surface area contributed by atoms with Crippen LogP contribution in [0.2, 0.25) is 0 Å². The minimum Gasteiger partial charge on any atom is -0.314 e. The van der Waals surface area contributed by atoms with Gasteiger partial charge in [0, 0.05) is 12.6 Å². The third-order valence-corrected chi connectivity index (χ3v) is 3.93. The predicted molar refractivity (Wildman–Crippen MR) is 65.1 cm³/mol. The van der Waals surface area contributed by atoms with Crippen molar-refractivity contribution >= 4 is 0 Å². The fourth-order valence-corrected chi connectivity index (χ4v) is 2.97. The Labute approximate surface area is 98.6 Å². The van der Waals surface area contributed by atoms with E-state index in [0.29, 0.717) is 6.04 Å². The van der Waals surface area contributed by atoms with E-state index in [1.165, 1.54) is 38.5 Å². The summed E-state index contributed by atoms with van der Waals surface area (Å²) in [6.07, 6.45) is 10.0. The van der Waals surface area contributed by atoms with Crippen LogP contribution in [-0.4, -0.2) is 24.7 Å². The quantitative estimate of drug-likeness (QED) is 0.701. The van der Waals surface area contributed by atoms with Gasteiger partial charge in [-0.15, -0.1) is 0 Å². The van der Waals surface area contributed by atoms with Gasteiger partial charge in [0.2, 0.25) is 0 Å². The van der Waals surface area contributed by atoms with Crippen LogP contribution in [0.3, 0.4) is 0 Å². The van der Waals surface area contributed by atoms with E-state index in [4.69, 9.17) is 0 Å². The molecule has 1 heterocycles. The summed E-state index contributed by atoms with van der Waals surface area (Å²) < 4.78 is 0. The number of nitrogens with one attached hydrogen (secondary N) is 2. The molecule has 1 saturated carbocycles. The third kappa shape index (κ3) is 2.96. The van der Waals surface area contributed by atoms with Crippen LogP contribution in [0.25, 0.3) is 0 Å². The molecule has 0 aromatic carbocycles. The standard InChI is InChI=1S/C13H23N3/c14-10-13(8-5-9-15-11-13)16-12-6-3-1-2-4-7-12/h12,15-16H,1-9,11H2. The van der Waals surface area contributed by atoms with Gasteiger partial charge in [0.25, 0.3) is 0 Å². The van der Waals surface area contributed by atoms with Gasteiger partial charge in [-0.25, -0.2) is 0 Å². The maximum absolute atomic E-state index is 9.39. The van der Waals surface area contributed by atoms with Gasteiger partial charge in [0.1, 0.15) is 5.54 Å². The molecule has 0 radical (unpaired) electrons. The molecular weight excluding hydrogens is 198 g/mol. The lowest BCUT2D eigenvalue weighted by Gasteiger charge is -2.35. The maximum Gasteiger partial charge on any atom is 0.119 e. The average Bonchev–Trinajstić information content (AvgIpc) is 2.59. The van der Waals surface area contributed by atoms with Gasteiger partial charge in [0.15, 0.2) is 0 Å². The van der Waals surface area contributed by atoms with Crippen molar-refractivity contribution in [2.24, 2.45) is 0 Å². The first-order valence-electron chi connectivity index (χ1n) is 6.74. The fraction of sp³-hybridized carbons (Fsp3) is 0.923. The second kappa shape index (κ2) is 5.65. The minimum absolute atomic E-state index is 0.284. The van der Waals surface area contributed by atoms with E-state index in [0.717, 1.165) is 25.9 Å². The monoisotopic (exact) mass is 221 g/mol. The number of nitrogens with zero attached hydrogens (tertiary/aromatic N) is 1. The molecule has 3 nitrogen and oxygen atoms in total. The van der Waals surface area contributed by atoms with Gasteiger partial charge in [0.05, 0.1) is 6.07 Å². The molecule has 0 aromatic rings. The molecule has 1 atom stereocenters. The number of nitriles is 1. The fourth-order valence-electron chi connectivity index (χ4n) is 2.97. The zero-order valence-electron chi connectivity index (χ0n) is 10.1. The normalized spacial score (nSPS) is 32.9. The van der Waals surface area contributed by atoms with Crippen LogP contribution in [0, 0.1) is 11.3 Å². The highest BCUT2D eigenvalue weighted by Gasteiger charge is 2.33. The van der Waals surface area contributed by atoms with Gasteiger partial charge >= 0.3 is 0 Å². The van der Waals surface area contributed by atoms with Gasteiger partial charge < -0.3 is 5.32 Å². The summed E-state index contributed by atoms with van der Waals surface area (Å²) in [6, 6.07) is 3.08. The summed E-state index contributed by atoms with van der Waals surface area (Å²) in [5.74, 6) is 0. The molecule has 0 amide bonds. The smallest absolute Gasteiger partial charge is 0.119 e. The second-order valence-electron chi connectivity index (χ2n) is 5.31. The largest absolute Gasteiger partial charge is 0.314 e. The summed E-state index contributed by atoms with van der Waals surface area (Å²) in [5, 5.41) is 16.4. The Bertz CT molecular complexity index is 242. The molecule has 90 valence electrons. The Morgan fingerprint density at radius 1 is 1.12 bits per heavy atom. The van der Waals surface area contributed by atoms with E-state index < -0.39 is 0 Å². The predicted octanol–water partition coefficient (Wildman–Crippen LogP) is 1.94. The molecule has 2 N–H and O–H groups in total. The minimum atomic E-state index is -0.284. The molecule has 2 aliphatic rings. The first-order chi connectivity index (χ1) is 7.85. The van der Waals surface area contributed by atoms with Crippen molar-refractivity contribution in [1.29, 1.82) is 5.26 Å². The topological polar surface area (TPSA) is 47.9 Å². The van der Waals surface area contributed by atoms with Crippen LogP contribution < -0.4 is 10.6 Å². The summed E-state index contributed by atoms with van der Waals surface area (Å²) in [7, 11) is 0. The van der Waals surface area contributed by atoms with Crippen molar-refractivity contribution in [3.05, 3.63) is 0 Å². The van der Waals surface area contributed by atoms with Crippen molar-refractivity contribution in [3.63, 3.8) is 0 Å². The molecule has 0 spiro atoms. The zero-order valence-corrected chi connectivity index (χ0v) is 10.1. The summed E-state index contributed by atoms with van der Waals surface area (Å²) in [6.45, 7) is 1.88. The Hall–Kier alpha value is -0.590. The lowest BCUT2D eigenvalue weighted by molar-refractivity contribution is 0.270. The van der Waals surface area contributed by atoms with Gasteiger partial charge in [-0.2, -0.15) is 5.26 Å². The number of hydrogen-bond donors (Lipinski definition) is 2. The maximum atomic E-state index is 9.39. The number of piperidine rings is 1. The lowest BCUT2D eigenvalue weighted by Crippen LogP contribution is -2.57. The van der Waals surface area contributed by atoms with Gasteiger partial charge in [-0.1, -0.05) is 25.7 Å². The third-order valence-electron chi connectivity index (χ3n) is 3.93. The van der Waals surface area contributed by atoms with Crippen LogP contribution in [0.4, 0.5) is 0 Å². The molecule has 16 heavy (non-hydrogen) atoms. The number of rotatable bonds is 2. The van der Waals surface area contributed by atoms with E-state index in [-0.39, 0.29) is 5.54 Å². The molecule has 1 aliphatic heterocycles. The first kappa shape index (κ1) is 11.9. The van der Waals surface area contributed by atoms with Crippen molar-refractivity contribution in [2.45, 2.75) is 62.9 Å². The van der Waals surface area contributed by atoms with Crippen molar-refractivity contribution in [2.75, 3.05) is 13.1 Å². The van der Waals surface area contributed by atoms with E-state index in [2.05, 4.69) is 16.7 Å². The van der Waals surface area contributed by atoms with Crippen LogP contribution in [0.1, 0.15) is 51.4 Å². The molecule has 0 aromatic heterocycles. The van der Waals surface area contributed by atoms with E-state index in [9.17, 15) is 5.26 Å². The van der Waals surface area contributed by atoms with Crippen LogP contribution in [-0.2, 0) is 0 Å². The lowest BCUT2D eigenvalue weighted by atomic mass is 9.90. The van der Waals surface area contributed by atoms with Gasteiger partial charge in [-0.3, -0.25) is 5.32 Å². The molecule has 2 fully saturated rings. The Kier molecular flexibility index (Phi) is 4.20. The summed E-state index contributed by atoms with van der Waals surface area (Å²) >= 11 is 0. The van der Waals surface area contributed by atoms with Crippen LogP contribution in [0.15, 0.2) is 0 Å². The molecule has 1 saturated heterocycles. The molecule has 3 heteroatoms. The molecule has 1 unspecified atom stereocenters. The van der Waals surface area contributed by atoms with Crippen molar-refractivity contribution < 1.29 is 0 Å². The van der Waals surface area contributed by atoms with Crippen LogP contribution in [0.5, 0.6) is 0 Å². The average molecular weight is 221 g/mol. The highest BCUT2D eigenvalue weighted by atomic mass is 15.1. The highest BCUT2D eigenvalue weighted by molar-refractivity contribution is 5.11. The van der Waals surface area contributed by atoms with Crippen molar-refractivity contribution in [1.82, 2.24) is 10.6 Å². The molecule has 0 bridgehead atoms. The zero-order chi connectivity index (χ0) is 11.3. The highest BCUT2D eigenvalue weighted by Crippen LogP contribution is 2.22. The summed E-state index contributed by atoms with van der Waals surface area (Å²) in [5.41, 5.74) is -0.284. The van der Waals surface area contributed by atoms with Gasteiger partial charge in [-0.05, 0) is 32.2 Å². The SMILES string of the molecule is N#CC1(NC2CCCCCC2)CCCNC1. The Balaban J connectivity index is 1.92. The summed E-state index contributed by atoms with van der Waals surface area (Å²) in [4.78, 5) is 0. The van der Waals surface area contributed by atoms with E-state index >= 15 is 0 Å². The Morgan fingerprint density at radius 2 is 1.88 bits per heavy atom. The molecule has 1 aliphatic carbocycles. The molecular formula is C13H23N3. The van der Waals surface area contributed by atoms with Crippen LogP contribution >= 0.6 is 0 Å². The first-order valence-corrected chi connectivity index (χ1v) is 6.74. The van der Waals surface area contributed by atoms with Crippen molar-refractivity contribution in [3.8, 4) is 6.07 Å². The van der Waals surface area contributed by atoms with E-state index in [1.54, 1.807) is 0 Å². The second-order valence-corrected chi connectivity index (χ2v) is 5.31. The number of hydrogen-bond acceptors (Lipinski definition) is 3. The Morgan fingerprint density at radius 3 is 2.44 bits per heavy atom. The van der Waals surface area contributed by atoms with E-state index in [1.807, 2.05) is 0 Å². The molecule has 2 rings (SSSR count).